The smallest absolute Gasteiger partial charge is 0.286 e. The number of aryl methyl sites for hydroxylation is 2. The fourth-order valence-electron chi connectivity index (χ4n) is 2.38. The highest BCUT2D eigenvalue weighted by Gasteiger charge is 2.14. The Morgan fingerprint density at radius 3 is 2.23 bits per heavy atom. The monoisotopic (exact) mass is 351 g/mol. The van der Waals surface area contributed by atoms with Crippen LogP contribution in [0.2, 0.25) is 0 Å². The van der Waals surface area contributed by atoms with Crippen LogP contribution in [0.4, 0.5) is 0 Å². The van der Waals surface area contributed by atoms with Gasteiger partial charge in [0.25, 0.3) is 11.8 Å². The van der Waals surface area contributed by atoms with Gasteiger partial charge >= 0.3 is 0 Å². The highest BCUT2D eigenvalue weighted by molar-refractivity contribution is 6.03. The van der Waals surface area contributed by atoms with E-state index in [1.54, 1.807) is 18.2 Å². The summed E-state index contributed by atoms with van der Waals surface area (Å²) >= 11 is 0. The molecule has 0 heterocycles. The molecule has 0 fully saturated rings. The second kappa shape index (κ2) is 8.62. The fraction of sp³-hybridized carbons (Fsp3) is 0.150. The van der Waals surface area contributed by atoms with Crippen LogP contribution in [0.3, 0.4) is 0 Å². The van der Waals surface area contributed by atoms with Crippen LogP contribution in [0.15, 0.2) is 54.2 Å². The van der Waals surface area contributed by atoms with Crippen molar-refractivity contribution in [3.8, 4) is 0 Å². The first-order valence-corrected chi connectivity index (χ1v) is 8.09. The van der Waals surface area contributed by atoms with Crippen molar-refractivity contribution in [1.82, 2.24) is 16.2 Å². The van der Waals surface area contributed by atoms with Gasteiger partial charge in [0.05, 0.1) is 0 Å². The van der Waals surface area contributed by atoms with Gasteiger partial charge in [0.1, 0.15) is 5.70 Å². The largest absolute Gasteiger partial charge is 0.322 e. The average Bonchev–Trinajstić information content (AvgIpc) is 2.59. The zero-order valence-corrected chi connectivity index (χ0v) is 14.9. The van der Waals surface area contributed by atoms with Crippen molar-refractivity contribution in [1.29, 1.82) is 0 Å². The molecule has 0 aliphatic carbocycles. The molecule has 134 valence electrons. The Kier molecular flexibility index (Phi) is 6.27. The van der Waals surface area contributed by atoms with E-state index in [1.807, 2.05) is 44.2 Å². The van der Waals surface area contributed by atoms with Gasteiger partial charge in [-0.15, -0.1) is 0 Å². The Hall–Kier alpha value is -3.41. The zero-order valence-electron chi connectivity index (χ0n) is 14.9. The second-order valence-electron chi connectivity index (χ2n) is 5.88. The number of rotatable bonds is 4. The van der Waals surface area contributed by atoms with Gasteiger partial charge in [0.2, 0.25) is 5.91 Å². The summed E-state index contributed by atoms with van der Waals surface area (Å²) in [6.07, 6.45) is 1.53. The first-order chi connectivity index (χ1) is 12.4. The summed E-state index contributed by atoms with van der Waals surface area (Å²) in [6.45, 7) is 5.06. The van der Waals surface area contributed by atoms with Crippen molar-refractivity contribution in [2.24, 2.45) is 0 Å². The summed E-state index contributed by atoms with van der Waals surface area (Å²) in [4.78, 5) is 36.0. The molecule has 0 radical (unpaired) electrons. The molecule has 0 atom stereocenters. The van der Waals surface area contributed by atoms with Crippen molar-refractivity contribution in [3.05, 3.63) is 76.5 Å². The lowest BCUT2D eigenvalue weighted by Crippen LogP contribution is -2.45. The first-order valence-electron chi connectivity index (χ1n) is 8.09. The number of benzene rings is 2. The molecule has 0 saturated heterocycles. The van der Waals surface area contributed by atoms with Crippen molar-refractivity contribution >= 4 is 23.8 Å². The molecule has 0 bridgehead atoms. The van der Waals surface area contributed by atoms with Crippen LogP contribution in [0, 0.1) is 13.8 Å². The number of carbonyl (C=O) groups is 3. The molecule has 0 aromatic heterocycles. The summed E-state index contributed by atoms with van der Waals surface area (Å²) < 4.78 is 0. The summed E-state index contributed by atoms with van der Waals surface area (Å²) in [7, 11) is 0. The topological polar surface area (TPSA) is 87.3 Å². The highest BCUT2D eigenvalue weighted by atomic mass is 16.2. The van der Waals surface area contributed by atoms with Crippen molar-refractivity contribution in [2.75, 3.05) is 0 Å². The quantitative estimate of drug-likeness (QED) is 0.583. The van der Waals surface area contributed by atoms with Crippen LogP contribution in [-0.4, -0.2) is 17.7 Å². The van der Waals surface area contributed by atoms with Crippen LogP contribution < -0.4 is 16.2 Å². The van der Waals surface area contributed by atoms with E-state index in [0.717, 1.165) is 16.7 Å². The predicted molar refractivity (Wildman–Crippen MR) is 99.8 cm³/mol. The van der Waals surface area contributed by atoms with E-state index < -0.39 is 11.8 Å². The van der Waals surface area contributed by atoms with Gasteiger partial charge in [-0.1, -0.05) is 48.0 Å². The minimum absolute atomic E-state index is 0.0321. The molecule has 6 nitrogen and oxygen atoms in total. The molecule has 2 rings (SSSR count). The van der Waals surface area contributed by atoms with Crippen LogP contribution >= 0.6 is 0 Å². The number of hydrogen-bond donors (Lipinski definition) is 3. The number of nitrogens with one attached hydrogen (secondary N) is 3. The molecule has 0 aliphatic heterocycles. The molecule has 3 N–H and O–H groups in total. The maximum absolute atomic E-state index is 12.3. The molecule has 2 aromatic rings. The Morgan fingerprint density at radius 1 is 0.923 bits per heavy atom. The molecule has 0 aliphatic rings. The Labute approximate surface area is 152 Å². The minimum atomic E-state index is -0.623. The first kappa shape index (κ1) is 18.9. The molecular weight excluding hydrogens is 330 g/mol. The van der Waals surface area contributed by atoms with E-state index in [9.17, 15) is 14.4 Å². The van der Waals surface area contributed by atoms with Gasteiger partial charge in [-0.2, -0.15) is 0 Å². The summed E-state index contributed by atoms with van der Waals surface area (Å²) in [5.41, 5.74) is 7.78. The number of hydrogen-bond acceptors (Lipinski definition) is 3. The SMILES string of the molecule is CC(=O)N/C(=C\c1ccccc1)C(=O)NNC(=O)c1ccc(C)cc1C. The van der Waals surface area contributed by atoms with Crippen LogP contribution in [0.1, 0.15) is 34.0 Å². The Bertz CT molecular complexity index is 858. The van der Waals surface area contributed by atoms with E-state index in [2.05, 4.69) is 16.2 Å². The molecule has 26 heavy (non-hydrogen) atoms. The van der Waals surface area contributed by atoms with Crippen LogP contribution in [0.25, 0.3) is 6.08 Å². The van der Waals surface area contributed by atoms with Crippen molar-refractivity contribution in [3.63, 3.8) is 0 Å². The minimum Gasteiger partial charge on any atom is -0.322 e. The summed E-state index contributed by atoms with van der Waals surface area (Å²) in [5, 5.41) is 2.47. The van der Waals surface area contributed by atoms with E-state index in [-0.39, 0.29) is 11.6 Å². The van der Waals surface area contributed by atoms with E-state index in [1.165, 1.54) is 13.0 Å². The molecule has 2 aromatic carbocycles. The van der Waals surface area contributed by atoms with Crippen molar-refractivity contribution < 1.29 is 14.4 Å². The van der Waals surface area contributed by atoms with E-state index in [0.29, 0.717) is 5.56 Å². The van der Waals surface area contributed by atoms with Gasteiger partial charge in [-0.3, -0.25) is 25.2 Å². The van der Waals surface area contributed by atoms with Crippen molar-refractivity contribution in [2.45, 2.75) is 20.8 Å². The molecule has 0 saturated carbocycles. The second-order valence-corrected chi connectivity index (χ2v) is 5.88. The summed E-state index contributed by atoms with van der Waals surface area (Å²) in [6, 6.07) is 14.5. The summed E-state index contributed by atoms with van der Waals surface area (Å²) in [5.74, 6) is -1.44. The van der Waals surface area contributed by atoms with E-state index >= 15 is 0 Å². The molecule has 3 amide bonds. The Balaban J connectivity index is 2.10. The number of hydrazine groups is 1. The highest BCUT2D eigenvalue weighted by Crippen LogP contribution is 2.10. The zero-order chi connectivity index (χ0) is 19.1. The van der Waals surface area contributed by atoms with E-state index in [4.69, 9.17) is 0 Å². The lowest BCUT2D eigenvalue weighted by molar-refractivity contribution is -0.122. The van der Waals surface area contributed by atoms with Crippen LogP contribution in [0.5, 0.6) is 0 Å². The predicted octanol–water partition coefficient (Wildman–Crippen LogP) is 2.24. The third kappa shape index (κ3) is 5.31. The number of amides is 3. The number of carbonyl (C=O) groups excluding carboxylic acids is 3. The van der Waals surface area contributed by atoms with Crippen LogP contribution in [-0.2, 0) is 9.59 Å². The normalized spacial score (nSPS) is 10.8. The van der Waals surface area contributed by atoms with Gasteiger partial charge in [0, 0.05) is 12.5 Å². The fourth-order valence-corrected chi connectivity index (χ4v) is 2.38. The van der Waals surface area contributed by atoms with Gasteiger partial charge in [-0.05, 0) is 37.1 Å². The molecule has 0 spiro atoms. The van der Waals surface area contributed by atoms with Gasteiger partial charge < -0.3 is 5.32 Å². The lowest BCUT2D eigenvalue weighted by Gasteiger charge is -2.12. The Morgan fingerprint density at radius 2 is 1.62 bits per heavy atom. The molecule has 0 unspecified atom stereocenters. The maximum Gasteiger partial charge on any atom is 0.286 e. The third-order valence-electron chi connectivity index (χ3n) is 3.58. The molecule has 6 heteroatoms. The lowest BCUT2D eigenvalue weighted by atomic mass is 10.1. The standard InChI is InChI=1S/C20H21N3O3/c1-13-9-10-17(14(2)11-13)19(25)22-23-20(26)18(21-15(3)24)12-16-7-5-4-6-8-16/h4-12H,1-3H3,(H,21,24)(H,22,25)(H,23,26)/b18-12-. The maximum atomic E-state index is 12.3. The molecular formula is C20H21N3O3. The third-order valence-corrected chi connectivity index (χ3v) is 3.58. The van der Waals surface area contributed by atoms with Gasteiger partial charge in [-0.25, -0.2) is 0 Å². The average molecular weight is 351 g/mol. The van der Waals surface area contributed by atoms with Gasteiger partial charge in [0.15, 0.2) is 0 Å².